The van der Waals surface area contributed by atoms with Crippen LogP contribution in [0.25, 0.3) is 0 Å². The third-order valence-corrected chi connectivity index (χ3v) is 6.33. The van der Waals surface area contributed by atoms with Crippen LogP contribution in [0.4, 0.5) is 0 Å². The highest BCUT2D eigenvalue weighted by Crippen LogP contribution is 2.47. The van der Waals surface area contributed by atoms with E-state index >= 15 is 0 Å². The summed E-state index contributed by atoms with van der Waals surface area (Å²) in [6.45, 7) is 0. The van der Waals surface area contributed by atoms with Gasteiger partial charge in [-0.05, 0) is 74.0 Å². The molecular formula is C20H26. The lowest BCUT2D eigenvalue weighted by atomic mass is 9.79. The summed E-state index contributed by atoms with van der Waals surface area (Å²) in [6, 6.07) is 0. The minimum atomic E-state index is 0.860. The molecule has 4 rings (SSSR count). The Labute approximate surface area is 123 Å². The van der Waals surface area contributed by atoms with Crippen LogP contribution in [0, 0.1) is 35.5 Å². The van der Waals surface area contributed by atoms with Crippen molar-refractivity contribution in [2.45, 2.75) is 38.5 Å². The molecule has 0 spiro atoms. The minimum absolute atomic E-state index is 0.860. The van der Waals surface area contributed by atoms with Crippen LogP contribution in [0.3, 0.4) is 0 Å². The summed E-state index contributed by atoms with van der Waals surface area (Å²) in [5.74, 6) is 5.36. The molecule has 2 fully saturated rings. The predicted molar refractivity (Wildman–Crippen MR) is 85.2 cm³/mol. The van der Waals surface area contributed by atoms with Gasteiger partial charge in [0.15, 0.2) is 0 Å². The predicted octanol–water partition coefficient (Wildman–Crippen LogP) is 5.30. The van der Waals surface area contributed by atoms with E-state index in [1.807, 2.05) is 0 Å². The van der Waals surface area contributed by atoms with Crippen LogP contribution in [-0.2, 0) is 0 Å². The summed E-state index contributed by atoms with van der Waals surface area (Å²) in [6.07, 6.45) is 27.6. The van der Waals surface area contributed by atoms with Crippen LogP contribution in [0.2, 0.25) is 0 Å². The number of allylic oxidation sites excluding steroid dienone is 8. The van der Waals surface area contributed by atoms with Gasteiger partial charge >= 0.3 is 0 Å². The van der Waals surface area contributed by atoms with Crippen molar-refractivity contribution in [1.82, 2.24) is 0 Å². The van der Waals surface area contributed by atoms with Crippen LogP contribution < -0.4 is 0 Å². The van der Waals surface area contributed by atoms with Crippen LogP contribution in [0.5, 0.6) is 0 Å². The Morgan fingerprint density at radius 3 is 1.50 bits per heavy atom. The van der Waals surface area contributed by atoms with Gasteiger partial charge in [0.25, 0.3) is 0 Å². The van der Waals surface area contributed by atoms with Crippen LogP contribution >= 0.6 is 0 Å². The fraction of sp³-hybridized carbons (Fsp3) is 0.600. The number of rotatable bonds is 3. The Bertz CT molecular complexity index is 420. The molecule has 0 amide bonds. The average Bonchev–Trinajstić information content (AvgIpc) is 3.09. The van der Waals surface area contributed by atoms with Crippen LogP contribution in [-0.4, -0.2) is 0 Å². The molecule has 0 saturated heterocycles. The zero-order chi connectivity index (χ0) is 13.4. The van der Waals surface area contributed by atoms with Gasteiger partial charge in [0.05, 0.1) is 0 Å². The standard InChI is InChI=1S/C20H26/c1-3-7-19-15(5-1)9-11-17(19)13-14-18-12-10-16-6-2-4-8-20(16)18/h1-8,15-20H,9-14H2/t15-,16+,17-,18+,19+,20-. The molecule has 0 radical (unpaired) electrons. The first kappa shape index (κ1) is 12.7. The number of hydrogen-bond acceptors (Lipinski definition) is 0. The van der Waals surface area contributed by atoms with Crippen molar-refractivity contribution < 1.29 is 0 Å². The fourth-order valence-corrected chi connectivity index (χ4v) is 5.23. The molecule has 6 atom stereocenters. The Balaban J connectivity index is 1.35. The molecule has 0 unspecified atom stereocenters. The summed E-state index contributed by atoms with van der Waals surface area (Å²) in [7, 11) is 0. The van der Waals surface area contributed by atoms with Gasteiger partial charge in [-0.3, -0.25) is 0 Å². The lowest BCUT2D eigenvalue weighted by Crippen LogP contribution is -2.17. The quantitative estimate of drug-likeness (QED) is 0.650. The lowest BCUT2D eigenvalue weighted by molar-refractivity contribution is 0.316. The van der Waals surface area contributed by atoms with Gasteiger partial charge in [-0.25, -0.2) is 0 Å². The summed E-state index contributed by atoms with van der Waals surface area (Å²) in [5, 5.41) is 0. The molecule has 0 aliphatic heterocycles. The first-order valence-electron chi connectivity index (χ1n) is 8.62. The highest BCUT2D eigenvalue weighted by Gasteiger charge is 2.37. The van der Waals surface area contributed by atoms with Crippen molar-refractivity contribution in [1.29, 1.82) is 0 Å². The van der Waals surface area contributed by atoms with Crippen molar-refractivity contribution >= 4 is 0 Å². The molecule has 0 aromatic rings. The molecule has 0 N–H and O–H groups in total. The van der Waals surface area contributed by atoms with Gasteiger partial charge in [-0.1, -0.05) is 48.6 Å². The first-order valence-corrected chi connectivity index (χ1v) is 8.62. The molecule has 0 aromatic carbocycles. The molecule has 4 aliphatic carbocycles. The fourth-order valence-electron chi connectivity index (χ4n) is 5.23. The second-order valence-corrected chi connectivity index (χ2v) is 7.27. The molecule has 0 heteroatoms. The van der Waals surface area contributed by atoms with Crippen molar-refractivity contribution in [3.63, 3.8) is 0 Å². The van der Waals surface area contributed by atoms with Gasteiger partial charge in [0.1, 0.15) is 0 Å². The van der Waals surface area contributed by atoms with E-state index in [0.29, 0.717) is 0 Å². The van der Waals surface area contributed by atoms with E-state index in [-0.39, 0.29) is 0 Å². The summed E-state index contributed by atoms with van der Waals surface area (Å²) >= 11 is 0. The van der Waals surface area contributed by atoms with Gasteiger partial charge in [-0.2, -0.15) is 0 Å². The smallest absolute Gasteiger partial charge is 0.0139 e. The van der Waals surface area contributed by atoms with E-state index in [4.69, 9.17) is 0 Å². The maximum absolute atomic E-state index is 2.49. The van der Waals surface area contributed by atoms with Gasteiger partial charge in [-0.15, -0.1) is 0 Å². The maximum atomic E-state index is 2.49. The highest BCUT2D eigenvalue weighted by molar-refractivity contribution is 5.18. The number of fused-ring (bicyclic) bond motifs is 2. The summed E-state index contributed by atoms with van der Waals surface area (Å²) in [4.78, 5) is 0. The van der Waals surface area contributed by atoms with Gasteiger partial charge in [0.2, 0.25) is 0 Å². The normalized spacial score (nSPS) is 44.8. The molecule has 106 valence electrons. The lowest BCUT2D eigenvalue weighted by Gasteiger charge is -2.26. The second-order valence-electron chi connectivity index (χ2n) is 7.27. The zero-order valence-corrected chi connectivity index (χ0v) is 12.3. The molecule has 0 bridgehead atoms. The van der Waals surface area contributed by atoms with E-state index in [1.165, 1.54) is 38.5 Å². The second kappa shape index (κ2) is 5.39. The zero-order valence-electron chi connectivity index (χ0n) is 12.3. The third-order valence-electron chi connectivity index (χ3n) is 6.33. The topological polar surface area (TPSA) is 0 Å². The first-order chi connectivity index (χ1) is 9.92. The van der Waals surface area contributed by atoms with Crippen molar-refractivity contribution in [3.05, 3.63) is 48.6 Å². The molecule has 2 saturated carbocycles. The highest BCUT2D eigenvalue weighted by atomic mass is 14.4. The Hall–Kier alpha value is -1.04. The van der Waals surface area contributed by atoms with Crippen LogP contribution in [0.15, 0.2) is 48.6 Å². The minimum Gasteiger partial charge on any atom is -0.0808 e. The molecule has 0 aromatic heterocycles. The molecular weight excluding hydrogens is 240 g/mol. The average molecular weight is 266 g/mol. The summed E-state index contributed by atoms with van der Waals surface area (Å²) < 4.78 is 0. The van der Waals surface area contributed by atoms with E-state index in [1.54, 1.807) is 0 Å². The monoisotopic (exact) mass is 266 g/mol. The van der Waals surface area contributed by atoms with Crippen molar-refractivity contribution in [3.8, 4) is 0 Å². The largest absolute Gasteiger partial charge is 0.0808 e. The Kier molecular flexibility index (Phi) is 3.42. The third kappa shape index (κ3) is 2.24. The van der Waals surface area contributed by atoms with Crippen molar-refractivity contribution in [2.75, 3.05) is 0 Å². The van der Waals surface area contributed by atoms with Crippen molar-refractivity contribution in [2.24, 2.45) is 35.5 Å². The van der Waals surface area contributed by atoms with Gasteiger partial charge < -0.3 is 0 Å². The Morgan fingerprint density at radius 1 is 0.550 bits per heavy atom. The molecule has 0 nitrogen and oxygen atoms in total. The van der Waals surface area contributed by atoms with E-state index in [9.17, 15) is 0 Å². The van der Waals surface area contributed by atoms with Crippen LogP contribution in [0.1, 0.15) is 38.5 Å². The Morgan fingerprint density at radius 2 is 1.00 bits per heavy atom. The molecule has 20 heavy (non-hydrogen) atoms. The number of hydrogen-bond donors (Lipinski definition) is 0. The van der Waals surface area contributed by atoms with E-state index < -0.39 is 0 Å². The SMILES string of the molecule is C1=C[C@@H]2[C@@H](CC[C@@H]3CC[C@@H]4C=CC=C[C@@H]34)CC[C@H]2C=C1. The van der Waals surface area contributed by atoms with E-state index in [2.05, 4.69) is 48.6 Å². The molecule has 0 heterocycles. The van der Waals surface area contributed by atoms with Gasteiger partial charge in [0, 0.05) is 0 Å². The molecule has 4 aliphatic rings. The summed E-state index contributed by atoms with van der Waals surface area (Å²) in [5.41, 5.74) is 0. The maximum Gasteiger partial charge on any atom is -0.0139 e. The van der Waals surface area contributed by atoms with E-state index in [0.717, 1.165) is 35.5 Å².